The van der Waals surface area contributed by atoms with E-state index in [0.29, 0.717) is 0 Å². The van der Waals surface area contributed by atoms with Crippen molar-refractivity contribution < 1.29 is 24.2 Å². The minimum atomic E-state index is -1.77. The highest BCUT2D eigenvalue weighted by Gasteiger charge is 2.09. The minimum absolute atomic E-state index is 0.217. The first-order valence-corrected chi connectivity index (χ1v) is 3.87. The Hall–Kier alpha value is -1.39. The monoisotopic (exact) mass is 187 g/mol. The molecule has 0 aromatic carbocycles. The summed E-state index contributed by atoms with van der Waals surface area (Å²) in [5, 5.41) is 9.92. The molecule has 0 spiro atoms. The second kappa shape index (κ2) is 5.29. The van der Waals surface area contributed by atoms with Crippen molar-refractivity contribution in [2.75, 3.05) is 0 Å². The molecule has 0 bridgehead atoms. The summed E-state index contributed by atoms with van der Waals surface area (Å²) in [6, 6.07) is 0. The van der Waals surface area contributed by atoms with Gasteiger partial charge in [-0.1, -0.05) is 0 Å². The molecule has 0 unspecified atom stereocenters. The van der Waals surface area contributed by atoms with Gasteiger partial charge in [0.1, 0.15) is 5.97 Å². The lowest BCUT2D eigenvalue weighted by Gasteiger charge is -2.07. The van der Waals surface area contributed by atoms with Gasteiger partial charge in [-0.3, -0.25) is 9.59 Å². The van der Waals surface area contributed by atoms with Crippen LogP contribution in [-0.4, -0.2) is 23.8 Å². The zero-order valence-corrected chi connectivity index (χ0v) is 7.53. The van der Waals surface area contributed by atoms with Gasteiger partial charge in [-0.05, 0) is 13.8 Å². The summed E-state index contributed by atoms with van der Waals surface area (Å²) in [5.41, 5.74) is 0. The van der Waals surface area contributed by atoms with Crippen molar-refractivity contribution in [3.05, 3.63) is 0 Å². The quantitative estimate of drug-likeness (QED) is 0.408. The number of carbonyl (C=O) groups is 3. The standard InChI is InChI=1S/C8H12O5/c1-5(2)13-7(10)4-3-6(9)8(11)12/h5H,3-4H2,1-2H3,(H,11,12)/p-1. The van der Waals surface area contributed by atoms with Crippen LogP contribution < -0.4 is 5.11 Å². The molecule has 0 saturated carbocycles. The number of carboxylic acids is 1. The number of hydrogen-bond donors (Lipinski definition) is 0. The van der Waals surface area contributed by atoms with Gasteiger partial charge in [0.05, 0.1) is 12.5 Å². The van der Waals surface area contributed by atoms with E-state index < -0.39 is 17.7 Å². The largest absolute Gasteiger partial charge is 0.542 e. The maximum atomic E-state index is 10.8. The van der Waals surface area contributed by atoms with Crippen LogP contribution in [0.1, 0.15) is 26.7 Å². The third-order valence-electron chi connectivity index (χ3n) is 1.15. The fraction of sp³-hybridized carbons (Fsp3) is 0.625. The highest BCUT2D eigenvalue weighted by atomic mass is 16.5. The van der Waals surface area contributed by atoms with E-state index in [9.17, 15) is 19.5 Å². The van der Waals surface area contributed by atoms with Gasteiger partial charge in [-0.2, -0.15) is 0 Å². The molecule has 0 atom stereocenters. The Bertz CT molecular complexity index is 219. The molecule has 5 nitrogen and oxygen atoms in total. The van der Waals surface area contributed by atoms with Crippen LogP contribution in [0.2, 0.25) is 0 Å². The molecule has 13 heavy (non-hydrogen) atoms. The summed E-state index contributed by atoms with van der Waals surface area (Å²) in [4.78, 5) is 31.2. The van der Waals surface area contributed by atoms with E-state index in [2.05, 4.69) is 4.74 Å². The maximum Gasteiger partial charge on any atom is 0.306 e. The topological polar surface area (TPSA) is 83.5 Å². The van der Waals surface area contributed by atoms with Crippen molar-refractivity contribution in [3.8, 4) is 0 Å². The molecule has 0 aliphatic carbocycles. The lowest BCUT2D eigenvalue weighted by molar-refractivity contribution is -0.300. The number of ketones is 1. The zero-order valence-electron chi connectivity index (χ0n) is 7.53. The third-order valence-corrected chi connectivity index (χ3v) is 1.15. The predicted octanol–water partition coefficient (Wildman–Crippen LogP) is -0.963. The summed E-state index contributed by atoms with van der Waals surface area (Å²) in [5.74, 6) is -3.43. The Balaban J connectivity index is 3.71. The summed E-state index contributed by atoms with van der Waals surface area (Å²) < 4.78 is 4.68. The van der Waals surface area contributed by atoms with E-state index in [1.807, 2.05) is 0 Å². The van der Waals surface area contributed by atoms with E-state index in [-0.39, 0.29) is 18.9 Å². The molecule has 0 radical (unpaired) electrons. The smallest absolute Gasteiger partial charge is 0.306 e. The van der Waals surface area contributed by atoms with Gasteiger partial charge in [0.15, 0.2) is 5.78 Å². The number of rotatable bonds is 5. The highest BCUT2D eigenvalue weighted by molar-refractivity contribution is 6.31. The minimum Gasteiger partial charge on any atom is -0.542 e. The van der Waals surface area contributed by atoms with E-state index in [1.165, 1.54) is 0 Å². The zero-order chi connectivity index (χ0) is 10.4. The van der Waals surface area contributed by atoms with E-state index in [0.717, 1.165) is 0 Å². The molecule has 0 fully saturated rings. The number of hydrogen-bond acceptors (Lipinski definition) is 5. The number of ether oxygens (including phenoxy) is 1. The lowest BCUT2D eigenvalue weighted by atomic mass is 10.2. The summed E-state index contributed by atoms with van der Waals surface area (Å²) in [6.07, 6.45) is -0.843. The molecular weight excluding hydrogens is 176 g/mol. The van der Waals surface area contributed by atoms with E-state index in [4.69, 9.17) is 0 Å². The molecule has 0 amide bonds. The van der Waals surface area contributed by atoms with Gasteiger partial charge in [-0.15, -0.1) is 0 Å². The Labute approximate surface area is 75.7 Å². The number of esters is 1. The second-order valence-corrected chi connectivity index (χ2v) is 2.75. The van der Waals surface area contributed by atoms with E-state index in [1.54, 1.807) is 13.8 Å². The molecule has 0 aromatic heterocycles. The van der Waals surface area contributed by atoms with Crippen LogP contribution in [-0.2, 0) is 19.1 Å². The van der Waals surface area contributed by atoms with Gasteiger partial charge < -0.3 is 14.6 Å². The predicted molar refractivity (Wildman–Crippen MR) is 40.5 cm³/mol. The molecule has 0 rings (SSSR count). The van der Waals surface area contributed by atoms with Crippen LogP contribution in [0.15, 0.2) is 0 Å². The first-order chi connectivity index (χ1) is 5.93. The van der Waals surface area contributed by atoms with Crippen LogP contribution >= 0.6 is 0 Å². The number of carbonyl (C=O) groups excluding carboxylic acids is 3. The molecule has 0 aliphatic rings. The Morgan fingerprint density at radius 2 is 1.77 bits per heavy atom. The fourth-order valence-electron chi connectivity index (χ4n) is 0.639. The molecule has 74 valence electrons. The van der Waals surface area contributed by atoms with Crippen LogP contribution in [0.5, 0.6) is 0 Å². The van der Waals surface area contributed by atoms with Gasteiger partial charge in [0, 0.05) is 6.42 Å². The van der Waals surface area contributed by atoms with Gasteiger partial charge >= 0.3 is 5.97 Å². The SMILES string of the molecule is CC(C)OC(=O)CCC(=O)C(=O)[O-]. The summed E-state index contributed by atoms with van der Waals surface area (Å²) >= 11 is 0. The molecule has 0 heterocycles. The Kier molecular flexibility index (Phi) is 4.72. The third kappa shape index (κ3) is 5.84. The van der Waals surface area contributed by atoms with E-state index >= 15 is 0 Å². The molecule has 0 N–H and O–H groups in total. The van der Waals surface area contributed by atoms with Crippen molar-refractivity contribution in [1.29, 1.82) is 0 Å². The first-order valence-electron chi connectivity index (χ1n) is 3.87. The first kappa shape index (κ1) is 11.6. The molecule has 5 heteroatoms. The summed E-state index contributed by atoms with van der Waals surface area (Å²) in [7, 11) is 0. The lowest BCUT2D eigenvalue weighted by Crippen LogP contribution is -2.31. The van der Waals surface area contributed by atoms with Crippen molar-refractivity contribution in [1.82, 2.24) is 0 Å². The van der Waals surface area contributed by atoms with Gasteiger partial charge in [0.2, 0.25) is 0 Å². The normalized spacial score (nSPS) is 9.77. The molecule has 0 aromatic rings. The highest BCUT2D eigenvalue weighted by Crippen LogP contribution is 1.97. The number of carboxylic acid groups (broad SMARTS) is 1. The Morgan fingerprint density at radius 1 is 1.23 bits per heavy atom. The maximum absolute atomic E-state index is 10.8. The number of aliphatic carboxylic acids is 1. The van der Waals surface area contributed by atoms with Crippen molar-refractivity contribution in [2.45, 2.75) is 32.8 Å². The molecule has 0 aliphatic heterocycles. The van der Waals surface area contributed by atoms with Crippen LogP contribution in [0.25, 0.3) is 0 Å². The van der Waals surface area contributed by atoms with Crippen molar-refractivity contribution in [2.24, 2.45) is 0 Å². The van der Waals surface area contributed by atoms with Crippen LogP contribution in [0, 0.1) is 0 Å². The van der Waals surface area contributed by atoms with Crippen LogP contribution in [0.3, 0.4) is 0 Å². The van der Waals surface area contributed by atoms with Gasteiger partial charge in [0.25, 0.3) is 0 Å². The average Bonchev–Trinajstić information content (AvgIpc) is 1.98. The number of Topliss-reactive ketones (excluding diaryl/α,β-unsaturated/α-hetero) is 1. The Morgan fingerprint density at radius 3 is 2.15 bits per heavy atom. The van der Waals surface area contributed by atoms with Gasteiger partial charge in [-0.25, -0.2) is 0 Å². The molecule has 0 saturated heterocycles. The fourth-order valence-corrected chi connectivity index (χ4v) is 0.639. The van der Waals surface area contributed by atoms with Crippen molar-refractivity contribution in [3.63, 3.8) is 0 Å². The second-order valence-electron chi connectivity index (χ2n) is 2.75. The van der Waals surface area contributed by atoms with Crippen LogP contribution in [0.4, 0.5) is 0 Å². The summed E-state index contributed by atoms with van der Waals surface area (Å²) in [6.45, 7) is 3.33. The van der Waals surface area contributed by atoms with Crippen molar-refractivity contribution >= 4 is 17.7 Å². The average molecular weight is 187 g/mol. The molecular formula is C8H11O5-.